The maximum Gasteiger partial charge on any atom is 0.256 e. The summed E-state index contributed by atoms with van der Waals surface area (Å²) in [5.41, 5.74) is 4.93. The van der Waals surface area contributed by atoms with Gasteiger partial charge in [-0.2, -0.15) is 4.98 Å². The fraction of sp³-hybridized carbons (Fsp3) is 0.833. The molecule has 0 aliphatic heterocycles. The number of nitrogens with two attached hydrogens (primary N) is 1. The Hall–Kier alpha value is -0.980. The highest BCUT2D eigenvalue weighted by Crippen LogP contribution is 2.39. The first-order chi connectivity index (χ1) is 8.72. The summed E-state index contributed by atoms with van der Waals surface area (Å²) >= 11 is 0. The molecule has 0 aromatic carbocycles. The van der Waals surface area contributed by atoms with Crippen LogP contribution in [0.5, 0.6) is 0 Å². The fourth-order valence-electron chi connectivity index (χ4n) is 2.49. The summed E-state index contributed by atoms with van der Waals surface area (Å²) in [4.78, 5) is 4.26. The van der Waals surface area contributed by atoms with E-state index in [9.17, 15) is 5.11 Å². The van der Waals surface area contributed by atoms with E-state index >= 15 is 0 Å². The van der Waals surface area contributed by atoms with Crippen molar-refractivity contribution >= 4 is 0 Å². The Kier molecular flexibility index (Phi) is 4.31. The van der Waals surface area contributed by atoms with Crippen molar-refractivity contribution in [2.24, 2.45) is 5.73 Å². The van der Waals surface area contributed by atoms with E-state index in [4.69, 9.17) is 15.0 Å². The zero-order valence-corrected chi connectivity index (χ0v) is 10.8. The maximum absolute atomic E-state index is 9.59. The minimum Gasteiger partial charge on any atom is -0.382 e. The Bertz CT molecular complexity index is 369. The summed E-state index contributed by atoms with van der Waals surface area (Å²) in [5, 5.41) is 13.6. The molecule has 0 saturated heterocycles. The van der Waals surface area contributed by atoms with E-state index in [1.54, 1.807) is 0 Å². The SMILES string of the molecule is CCOC1(c2noc(C(O)CN)n2)CCCCC1. The van der Waals surface area contributed by atoms with Gasteiger partial charge in [0.2, 0.25) is 5.82 Å². The summed E-state index contributed by atoms with van der Waals surface area (Å²) in [6.07, 6.45) is 4.32. The molecular formula is C12H21N3O3. The van der Waals surface area contributed by atoms with Gasteiger partial charge in [0.25, 0.3) is 5.89 Å². The second-order valence-electron chi connectivity index (χ2n) is 4.70. The van der Waals surface area contributed by atoms with Crippen molar-refractivity contribution in [1.29, 1.82) is 0 Å². The van der Waals surface area contributed by atoms with Gasteiger partial charge in [0, 0.05) is 13.2 Å². The van der Waals surface area contributed by atoms with Crippen LogP contribution < -0.4 is 5.73 Å². The average Bonchev–Trinajstić information content (AvgIpc) is 2.89. The first-order valence-corrected chi connectivity index (χ1v) is 6.58. The molecule has 102 valence electrons. The number of hydrogen-bond acceptors (Lipinski definition) is 6. The zero-order chi connectivity index (χ0) is 13.0. The third-order valence-corrected chi connectivity index (χ3v) is 3.44. The van der Waals surface area contributed by atoms with Gasteiger partial charge in [-0.25, -0.2) is 0 Å². The molecule has 0 bridgehead atoms. The highest BCUT2D eigenvalue weighted by Gasteiger charge is 2.39. The van der Waals surface area contributed by atoms with Gasteiger partial charge in [0.15, 0.2) is 0 Å². The van der Waals surface area contributed by atoms with E-state index in [2.05, 4.69) is 10.1 Å². The highest BCUT2D eigenvalue weighted by atomic mass is 16.5. The fourth-order valence-corrected chi connectivity index (χ4v) is 2.49. The summed E-state index contributed by atoms with van der Waals surface area (Å²) in [6.45, 7) is 2.65. The van der Waals surface area contributed by atoms with E-state index in [0.717, 1.165) is 25.7 Å². The van der Waals surface area contributed by atoms with Crippen molar-refractivity contribution in [2.75, 3.05) is 13.2 Å². The summed E-state index contributed by atoms with van der Waals surface area (Å²) in [5.74, 6) is 0.726. The topological polar surface area (TPSA) is 94.4 Å². The Morgan fingerprint density at radius 1 is 1.44 bits per heavy atom. The molecule has 1 unspecified atom stereocenters. The number of ether oxygens (including phenoxy) is 1. The third-order valence-electron chi connectivity index (χ3n) is 3.44. The molecule has 1 aliphatic rings. The number of hydrogen-bond donors (Lipinski definition) is 2. The van der Waals surface area contributed by atoms with Crippen LogP contribution in [0.15, 0.2) is 4.52 Å². The second kappa shape index (κ2) is 5.77. The molecule has 18 heavy (non-hydrogen) atoms. The van der Waals surface area contributed by atoms with Gasteiger partial charge in [-0.15, -0.1) is 0 Å². The van der Waals surface area contributed by atoms with Gasteiger partial charge in [-0.1, -0.05) is 24.4 Å². The van der Waals surface area contributed by atoms with E-state index in [0.29, 0.717) is 12.4 Å². The molecule has 6 heteroatoms. The molecule has 1 atom stereocenters. The predicted molar refractivity (Wildman–Crippen MR) is 64.7 cm³/mol. The van der Waals surface area contributed by atoms with E-state index in [1.165, 1.54) is 6.42 Å². The normalized spacial score (nSPS) is 20.8. The number of aliphatic hydroxyl groups is 1. The van der Waals surface area contributed by atoms with Crippen LogP contribution in [0.25, 0.3) is 0 Å². The number of rotatable bonds is 5. The van der Waals surface area contributed by atoms with Crippen LogP contribution in [-0.2, 0) is 10.3 Å². The Morgan fingerprint density at radius 3 is 2.78 bits per heavy atom. The largest absolute Gasteiger partial charge is 0.382 e. The lowest BCUT2D eigenvalue weighted by Crippen LogP contribution is -2.33. The van der Waals surface area contributed by atoms with Crippen LogP contribution in [0.1, 0.15) is 56.8 Å². The molecule has 2 rings (SSSR count). The van der Waals surface area contributed by atoms with Crippen LogP contribution in [0.3, 0.4) is 0 Å². The lowest BCUT2D eigenvalue weighted by molar-refractivity contribution is -0.0777. The molecule has 1 aromatic heterocycles. The van der Waals surface area contributed by atoms with Crippen LogP contribution >= 0.6 is 0 Å². The van der Waals surface area contributed by atoms with Crippen LogP contribution in [-0.4, -0.2) is 28.4 Å². The molecule has 0 amide bonds. The predicted octanol–water partition coefficient (Wildman–Crippen LogP) is 1.26. The van der Waals surface area contributed by atoms with Gasteiger partial charge in [-0.05, 0) is 19.8 Å². The molecule has 0 radical (unpaired) electrons. The molecular weight excluding hydrogens is 234 g/mol. The van der Waals surface area contributed by atoms with Crippen molar-refractivity contribution in [3.8, 4) is 0 Å². The van der Waals surface area contributed by atoms with Gasteiger partial charge < -0.3 is 20.1 Å². The van der Waals surface area contributed by atoms with E-state index in [1.807, 2.05) is 6.92 Å². The standard InChI is InChI=1S/C12H21N3O3/c1-2-17-12(6-4-3-5-7-12)11-14-10(18-15-11)9(16)8-13/h9,16H,2-8,13H2,1H3. The summed E-state index contributed by atoms with van der Waals surface area (Å²) < 4.78 is 11.0. The minimum absolute atomic E-state index is 0.0727. The van der Waals surface area contributed by atoms with Crippen molar-refractivity contribution in [3.63, 3.8) is 0 Å². The van der Waals surface area contributed by atoms with Crippen molar-refractivity contribution in [3.05, 3.63) is 11.7 Å². The van der Waals surface area contributed by atoms with Gasteiger partial charge in [0.1, 0.15) is 11.7 Å². The molecule has 6 nitrogen and oxygen atoms in total. The molecule has 1 saturated carbocycles. The van der Waals surface area contributed by atoms with E-state index in [-0.39, 0.29) is 12.4 Å². The van der Waals surface area contributed by atoms with E-state index < -0.39 is 11.7 Å². The number of aromatic nitrogens is 2. The Labute approximate surface area is 107 Å². The van der Waals surface area contributed by atoms with Gasteiger partial charge in [0.05, 0.1) is 0 Å². The third kappa shape index (κ3) is 2.55. The molecule has 3 N–H and O–H groups in total. The first-order valence-electron chi connectivity index (χ1n) is 6.58. The molecule has 0 spiro atoms. The smallest absolute Gasteiger partial charge is 0.256 e. The summed E-state index contributed by atoms with van der Waals surface area (Å²) in [7, 11) is 0. The van der Waals surface area contributed by atoms with Crippen molar-refractivity contribution in [2.45, 2.75) is 50.7 Å². The Balaban J connectivity index is 2.22. The average molecular weight is 255 g/mol. The van der Waals surface area contributed by atoms with Crippen LogP contribution in [0, 0.1) is 0 Å². The van der Waals surface area contributed by atoms with Crippen molar-refractivity contribution < 1.29 is 14.4 Å². The maximum atomic E-state index is 9.59. The monoisotopic (exact) mass is 255 g/mol. The minimum atomic E-state index is -0.895. The lowest BCUT2D eigenvalue weighted by Gasteiger charge is -2.33. The first kappa shape index (κ1) is 13.5. The quantitative estimate of drug-likeness (QED) is 0.822. The number of nitrogens with zero attached hydrogens (tertiary/aromatic N) is 2. The highest BCUT2D eigenvalue weighted by molar-refractivity contribution is 5.04. The van der Waals surface area contributed by atoms with Crippen LogP contribution in [0.2, 0.25) is 0 Å². The second-order valence-corrected chi connectivity index (χ2v) is 4.70. The van der Waals surface area contributed by atoms with Crippen LogP contribution in [0.4, 0.5) is 0 Å². The lowest BCUT2D eigenvalue weighted by atomic mass is 9.84. The zero-order valence-electron chi connectivity index (χ0n) is 10.8. The molecule has 1 aromatic rings. The summed E-state index contributed by atoms with van der Waals surface area (Å²) in [6, 6.07) is 0. The van der Waals surface area contributed by atoms with Gasteiger partial charge in [-0.3, -0.25) is 0 Å². The number of aliphatic hydroxyl groups excluding tert-OH is 1. The molecule has 1 heterocycles. The van der Waals surface area contributed by atoms with Crippen molar-refractivity contribution in [1.82, 2.24) is 10.1 Å². The molecule has 1 aliphatic carbocycles. The molecule has 1 fully saturated rings. The van der Waals surface area contributed by atoms with Gasteiger partial charge >= 0.3 is 0 Å². The Morgan fingerprint density at radius 2 is 2.17 bits per heavy atom.